The van der Waals surface area contributed by atoms with Gasteiger partial charge in [-0.15, -0.1) is 0 Å². The predicted molar refractivity (Wildman–Crippen MR) is 49.6 cm³/mol. The number of rotatable bonds is 4. The zero-order chi connectivity index (χ0) is 11.0. The number of ether oxygens (including phenoxy) is 2. The first-order valence-corrected chi connectivity index (χ1v) is 4.24. The molecule has 0 bridgehead atoms. The van der Waals surface area contributed by atoms with Crippen LogP contribution in [0.1, 0.15) is 26.7 Å². The van der Waals surface area contributed by atoms with E-state index in [1.165, 1.54) is 6.92 Å². The van der Waals surface area contributed by atoms with E-state index in [9.17, 15) is 9.59 Å². The van der Waals surface area contributed by atoms with Crippen LogP contribution in [0.15, 0.2) is 4.99 Å². The van der Waals surface area contributed by atoms with Gasteiger partial charge in [0.1, 0.15) is 0 Å². The average Bonchev–Trinajstić information content (AvgIpc) is 2.03. The fourth-order valence-corrected chi connectivity index (χ4v) is 0.705. The molecule has 0 aliphatic heterocycles. The molecule has 14 heavy (non-hydrogen) atoms. The Kier molecular flexibility index (Phi) is 6.09. The van der Waals surface area contributed by atoms with Crippen molar-refractivity contribution in [1.82, 2.24) is 0 Å². The van der Waals surface area contributed by atoms with Gasteiger partial charge in [0.05, 0.1) is 6.34 Å². The third kappa shape index (κ3) is 5.99. The standard InChI is InChI=1S/C8H14N2O4/c1-3-4-7(11)13-6(2)14-8(12)10-5-9/h5-6H,3-4H2,1-2H3,(H2,9,10,12). The van der Waals surface area contributed by atoms with Crippen molar-refractivity contribution in [3.8, 4) is 0 Å². The number of hydrogen-bond donors (Lipinski definition) is 1. The van der Waals surface area contributed by atoms with Crippen LogP contribution in [0.2, 0.25) is 0 Å². The Labute approximate surface area is 82.1 Å². The van der Waals surface area contributed by atoms with Gasteiger partial charge in [0.15, 0.2) is 0 Å². The molecule has 0 heterocycles. The van der Waals surface area contributed by atoms with Crippen LogP contribution >= 0.6 is 0 Å². The molecule has 0 rings (SSSR count). The Hall–Kier alpha value is -1.59. The fraction of sp³-hybridized carbons (Fsp3) is 0.625. The normalized spacial score (nSPS) is 12.4. The molecule has 80 valence electrons. The highest BCUT2D eigenvalue weighted by Gasteiger charge is 2.11. The Bertz CT molecular complexity index is 227. The van der Waals surface area contributed by atoms with Gasteiger partial charge in [0.25, 0.3) is 0 Å². The summed E-state index contributed by atoms with van der Waals surface area (Å²) >= 11 is 0. The van der Waals surface area contributed by atoms with Crippen molar-refractivity contribution in [2.75, 3.05) is 0 Å². The highest BCUT2D eigenvalue weighted by atomic mass is 16.7. The van der Waals surface area contributed by atoms with Gasteiger partial charge >= 0.3 is 12.1 Å². The first-order chi connectivity index (χ1) is 6.60. The number of aliphatic imine (C=N–C) groups is 1. The van der Waals surface area contributed by atoms with Crippen molar-refractivity contribution in [3.05, 3.63) is 0 Å². The second-order valence-electron chi connectivity index (χ2n) is 2.47. The third-order valence-corrected chi connectivity index (χ3v) is 1.20. The van der Waals surface area contributed by atoms with Crippen molar-refractivity contribution in [1.29, 1.82) is 0 Å². The number of amides is 1. The van der Waals surface area contributed by atoms with Gasteiger partial charge in [-0.2, -0.15) is 4.99 Å². The Balaban J connectivity index is 3.80. The summed E-state index contributed by atoms with van der Waals surface area (Å²) in [5.41, 5.74) is 4.85. The van der Waals surface area contributed by atoms with Gasteiger partial charge in [0, 0.05) is 13.3 Å². The number of nitrogens with zero attached hydrogens (tertiary/aromatic N) is 1. The molecule has 0 aromatic carbocycles. The van der Waals surface area contributed by atoms with Crippen molar-refractivity contribution < 1.29 is 19.1 Å². The van der Waals surface area contributed by atoms with Crippen LogP contribution in [0.3, 0.4) is 0 Å². The van der Waals surface area contributed by atoms with Crippen LogP contribution in [0.25, 0.3) is 0 Å². The van der Waals surface area contributed by atoms with Crippen molar-refractivity contribution in [2.45, 2.75) is 33.0 Å². The second kappa shape index (κ2) is 6.88. The smallest absolute Gasteiger partial charge is 0.425 e. The van der Waals surface area contributed by atoms with E-state index >= 15 is 0 Å². The van der Waals surface area contributed by atoms with Gasteiger partial charge in [-0.1, -0.05) is 6.92 Å². The number of esters is 1. The Morgan fingerprint density at radius 3 is 2.64 bits per heavy atom. The lowest BCUT2D eigenvalue weighted by molar-refractivity contribution is -0.164. The number of carbonyl (C=O) groups is 2. The molecule has 1 amide bonds. The molecule has 0 fully saturated rings. The van der Waals surface area contributed by atoms with E-state index in [4.69, 9.17) is 10.5 Å². The van der Waals surface area contributed by atoms with E-state index in [0.717, 1.165) is 6.34 Å². The second-order valence-corrected chi connectivity index (χ2v) is 2.47. The monoisotopic (exact) mass is 202 g/mol. The van der Waals surface area contributed by atoms with Gasteiger partial charge < -0.3 is 15.2 Å². The molecule has 6 heteroatoms. The highest BCUT2D eigenvalue weighted by molar-refractivity contribution is 5.77. The Morgan fingerprint density at radius 2 is 2.14 bits per heavy atom. The molecular formula is C8H14N2O4. The van der Waals surface area contributed by atoms with Gasteiger partial charge in [0.2, 0.25) is 6.29 Å². The average molecular weight is 202 g/mol. The summed E-state index contributed by atoms with van der Waals surface area (Å²) in [7, 11) is 0. The van der Waals surface area contributed by atoms with E-state index in [0.29, 0.717) is 12.8 Å². The van der Waals surface area contributed by atoms with Gasteiger partial charge in [-0.25, -0.2) is 4.79 Å². The molecule has 0 saturated carbocycles. The first-order valence-electron chi connectivity index (χ1n) is 4.24. The molecule has 0 aliphatic rings. The topological polar surface area (TPSA) is 91.0 Å². The molecule has 0 saturated heterocycles. The minimum absolute atomic E-state index is 0.294. The van der Waals surface area contributed by atoms with E-state index < -0.39 is 18.4 Å². The number of nitrogens with two attached hydrogens (primary N) is 1. The molecule has 0 spiro atoms. The molecule has 0 aromatic rings. The summed E-state index contributed by atoms with van der Waals surface area (Å²) in [5, 5.41) is 0. The minimum atomic E-state index is -0.940. The first kappa shape index (κ1) is 12.4. The van der Waals surface area contributed by atoms with Crippen LogP contribution in [-0.2, 0) is 14.3 Å². The molecular weight excluding hydrogens is 188 g/mol. The summed E-state index contributed by atoms with van der Waals surface area (Å²) < 4.78 is 9.26. The van der Waals surface area contributed by atoms with E-state index in [2.05, 4.69) is 9.73 Å². The lowest BCUT2D eigenvalue weighted by Crippen LogP contribution is -2.20. The summed E-state index contributed by atoms with van der Waals surface area (Å²) in [6, 6.07) is 0. The zero-order valence-electron chi connectivity index (χ0n) is 8.23. The van der Waals surface area contributed by atoms with Crippen LogP contribution in [0.4, 0.5) is 4.79 Å². The Morgan fingerprint density at radius 1 is 1.50 bits per heavy atom. The van der Waals surface area contributed by atoms with Crippen LogP contribution in [-0.4, -0.2) is 24.7 Å². The molecule has 1 unspecified atom stereocenters. The van der Waals surface area contributed by atoms with Crippen LogP contribution < -0.4 is 5.73 Å². The van der Waals surface area contributed by atoms with Crippen molar-refractivity contribution >= 4 is 18.4 Å². The van der Waals surface area contributed by atoms with Crippen molar-refractivity contribution in [3.63, 3.8) is 0 Å². The van der Waals surface area contributed by atoms with Crippen molar-refractivity contribution in [2.24, 2.45) is 10.7 Å². The molecule has 1 atom stereocenters. The van der Waals surface area contributed by atoms with E-state index in [1.807, 2.05) is 6.92 Å². The number of hydrogen-bond acceptors (Lipinski definition) is 4. The summed E-state index contributed by atoms with van der Waals surface area (Å²) in [6.07, 6.45) is -0.0413. The van der Waals surface area contributed by atoms with E-state index in [1.54, 1.807) is 0 Å². The van der Waals surface area contributed by atoms with Crippen LogP contribution in [0, 0.1) is 0 Å². The van der Waals surface area contributed by atoms with Gasteiger partial charge in [-0.3, -0.25) is 4.79 Å². The fourth-order valence-electron chi connectivity index (χ4n) is 0.705. The summed E-state index contributed by atoms with van der Waals surface area (Å²) in [6.45, 7) is 3.27. The third-order valence-electron chi connectivity index (χ3n) is 1.20. The van der Waals surface area contributed by atoms with Crippen LogP contribution in [0.5, 0.6) is 0 Å². The van der Waals surface area contributed by atoms with Gasteiger partial charge in [-0.05, 0) is 6.42 Å². The highest BCUT2D eigenvalue weighted by Crippen LogP contribution is 2.00. The predicted octanol–water partition coefficient (Wildman–Crippen LogP) is 0.799. The molecule has 6 nitrogen and oxygen atoms in total. The lowest BCUT2D eigenvalue weighted by atomic mass is 10.3. The molecule has 0 aliphatic carbocycles. The zero-order valence-corrected chi connectivity index (χ0v) is 8.23. The van der Waals surface area contributed by atoms with E-state index in [-0.39, 0.29) is 0 Å². The molecule has 0 aromatic heterocycles. The summed E-state index contributed by atoms with van der Waals surface area (Å²) in [4.78, 5) is 24.7. The lowest BCUT2D eigenvalue weighted by Gasteiger charge is -2.11. The quantitative estimate of drug-likeness (QED) is 0.315. The molecule has 0 radical (unpaired) electrons. The maximum absolute atomic E-state index is 10.9. The molecule has 2 N–H and O–H groups in total. The maximum Gasteiger partial charge on any atom is 0.438 e. The summed E-state index contributed by atoms with van der Waals surface area (Å²) in [5.74, 6) is -0.412. The minimum Gasteiger partial charge on any atom is -0.425 e. The largest absolute Gasteiger partial charge is 0.438 e. The number of carbonyl (C=O) groups excluding carboxylic acids is 2. The maximum atomic E-state index is 10.9. The SMILES string of the molecule is CCCC(=O)OC(C)OC(=O)/N=C/N.